The van der Waals surface area contributed by atoms with E-state index in [9.17, 15) is 4.79 Å². The molecule has 2 heteroatoms. The maximum absolute atomic E-state index is 12.0. The van der Waals surface area contributed by atoms with Gasteiger partial charge in [0.1, 0.15) is 11.5 Å². The minimum atomic E-state index is -0.102. The first-order chi connectivity index (χ1) is 7.68. The van der Waals surface area contributed by atoms with Gasteiger partial charge in [0, 0.05) is 5.56 Å². The first-order valence-corrected chi connectivity index (χ1v) is 5.04. The zero-order valence-electron chi connectivity index (χ0n) is 9.07. The molecule has 2 nitrogen and oxygen atoms in total. The summed E-state index contributed by atoms with van der Waals surface area (Å²) in [4.78, 5) is 12.0. The van der Waals surface area contributed by atoms with E-state index in [1.165, 1.54) is 0 Å². The molecule has 0 unspecified atom stereocenters. The number of hydrogen-bond donors (Lipinski definition) is 0. The quantitative estimate of drug-likeness (QED) is 0.576. The topological polar surface area (TPSA) is 30.2 Å². The number of carbonyl (C=O) groups is 1. The van der Waals surface area contributed by atoms with E-state index in [-0.39, 0.29) is 5.78 Å². The Hall–Kier alpha value is -2.09. The Kier molecular flexibility index (Phi) is 2.73. The SMILES string of the molecule is C=C(C(=O)c1ccccc1)c1ccc(C)o1. The third-order valence-corrected chi connectivity index (χ3v) is 2.35. The standard InChI is InChI=1S/C14H12O2/c1-10-8-9-13(16-10)11(2)14(15)12-6-4-3-5-7-12/h3-9H,2H2,1H3. The lowest BCUT2D eigenvalue weighted by atomic mass is 10.0. The van der Waals surface area contributed by atoms with Gasteiger partial charge in [0.15, 0.2) is 5.78 Å². The van der Waals surface area contributed by atoms with Crippen molar-refractivity contribution in [2.45, 2.75) is 6.92 Å². The largest absolute Gasteiger partial charge is 0.461 e. The van der Waals surface area contributed by atoms with E-state index >= 15 is 0 Å². The van der Waals surface area contributed by atoms with Crippen LogP contribution in [0.2, 0.25) is 0 Å². The summed E-state index contributed by atoms with van der Waals surface area (Å²) >= 11 is 0. The van der Waals surface area contributed by atoms with Crippen molar-refractivity contribution in [3.63, 3.8) is 0 Å². The summed E-state index contributed by atoms with van der Waals surface area (Å²) < 4.78 is 5.37. The van der Waals surface area contributed by atoms with E-state index < -0.39 is 0 Å². The molecule has 0 amide bonds. The molecule has 0 N–H and O–H groups in total. The van der Waals surface area contributed by atoms with Crippen LogP contribution in [0, 0.1) is 6.92 Å². The fourth-order valence-corrected chi connectivity index (χ4v) is 1.47. The number of ketones is 1. The molecule has 0 bridgehead atoms. The van der Waals surface area contributed by atoms with Gasteiger partial charge in [-0.25, -0.2) is 0 Å². The van der Waals surface area contributed by atoms with Crippen molar-refractivity contribution in [1.82, 2.24) is 0 Å². The van der Waals surface area contributed by atoms with Crippen LogP contribution < -0.4 is 0 Å². The van der Waals surface area contributed by atoms with E-state index in [1.54, 1.807) is 18.2 Å². The molecule has 0 aliphatic carbocycles. The van der Waals surface area contributed by atoms with Crippen molar-refractivity contribution in [2.75, 3.05) is 0 Å². The second-order valence-electron chi connectivity index (χ2n) is 3.58. The third-order valence-electron chi connectivity index (χ3n) is 2.35. The van der Waals surface area contributed by atoms with Crippen LogP contribution in [0.5, 0.6) is 0 Å². The molecule has 0 spiro atoms. The van der Waals surface area contributed by atoms with E-state index in [0.717, 1.165) is 5.76 Å². The first kappa shape index (κ1) is 10.4. The molecule has 16 heavy (non-hydrogen) atoms. The molecule has 1 heterocycles. The van der Waals surface area contributed by atoms with Crippen molar-refractivity contribution in [3.05, 3.63) is 66.1 Å². The number of rotatable bonds is 3. The average molecular weight is 212 g/mol. The molecule has 2 aromatic rings. The summed E-state index contributed by atoms with van der Waals surface area (Å²) in [5.41, 5.74) is 1.01. The lowest BCUT2D eigenvalue weighted by Gasteiger charge is -2.01. The van der Waals surface area contributed by atoms with Crippen LogP contribution in [0.4, 0.5) is 0 Å². The number of allylic oxidation sites excluding steroid dienone is 1. The Morgan fingerprint density at radius 3 is 2.38 bits per heavy atom. The molecule has 0 saturated heterocycles. The smallest absolute Gasteiger partial charge is 0.196 e. The normalized spacial score (nSPS) is 10.1. The Morgan fingerprint density at radius 2 is 1.81 bits per heavy atom. The Labute approximate surface area is 94.2 Å². The monoisotopic (exact) mass is 212 g/mol. The number of hydrogen-bond acceptors (Lipinski definition) is 2. The second-order valence-corrected chi connectivity index (χ2v) is 3.58. The lowest BCUT2D eigenvalue weighted by molar-refractivity contribution is 0.105. The Bertz CT molecular complexity index is 521. The predicted octanol–water partition coefficient (Wildman–Crippen LogP) is 3.48. The van der Waals surface area contributed by atoms with Crippen molar-refractivity contribution in [3.8, 4) is 0 Å². The van der Waals surface area contributed by atoms with Crippen LogP contribution in [0.3, 0.4) is 0 Å². The fraction of sp³-hybridized carbons (Fsp3) is 0.0714. The number of aryl methyl sites for hydroxylation is 1. The highest BCUT2D eigenvalue weighted by Crippen LogP contribution is 2.19. The lowest BCUT2D eigenvalue weighted by Crippen LogP contribution is -2.00. The predicted molar refractivity (Wildman–Crippen MR) is 63.3 cm³/mol. The molecule has 2 rings (SSSR count). The minimum Gasteiger partial charge on any atom is -0.461 e. The van der Waals surface area contributed by atoms with Crippen molar-refractivity contribution < 1.29 is 9.21 Å². The first-order valence-electron chi connectivity index (χ1n) is 5.04. The third kappa shape index (κ3) is 1.96. The highest BCUT2D eigenvalue weighted by atomic mass is 16.3. The molecule has 1 aromatic carbocycles. The highest BCUT2D eigenvalue weighted by Gasteiger charge is 2.14. The maximum atomic E-state index is 12.0. The minimum absolute atomic E-state index is 0.102. The number of benzene rings is 1. The molecule has 0 aliphatic rings. The van der Waals surface area contributed by atoms with Gasteiger partial charge in [-0.2, -0.15) is 0 Å². The summed E-state index contributed by atoms with van der Waals surface area (Å²) in [5, 5.41) is 0. The molecule has 1 aromatic heterocycles. The zero-order chi connectivity index (χ0) is 11.5. The number of carbonyl (C=O) groups excluding carboxylic acids is 1. The van der Waals surface area contributed by atoms with Gasteiger partial charge in [-0.3, -0.25) is 4.79 Å². The van der Waals surface area contributed by atoms with E-state index in [4.69, 9.17) is 4.42 Å². The van der Waals surface area contributed by atoms with E-state index in [0.29, 0.717) is 16.9 Å². The van der Waals surface area contributed by atoms with Crippen LogP contribution in [0.25, 0.3) is 5.57 Å². The van der Waals surface area contributed by atoms with Crippen molar-refractivity contribution in [2.24, 2.45) is 0 Å². The molecule has 80 valence electrons. The molecular formula is C14H12O2. The fourth-order valence-electron chi connectivity index (χ4n) is 1.47. The summed E-state index contributed by atoms with van der Waals surface area (Å²) in [7, 11) is 0. The number of Topliss-reactive ketones (excluding diaryl/α,β-unsaturated/α-hetero) is 1. The van der Waals surface area contributed by atoms with Crippen LogP contribution in [0.1, 0.15) is 21.9 Å². The van der Waals surface area contributed by atoms with Gasteiger partial charge in [-0.1, -0.05) is 36.9 Å². The van der Waals surface area contributed by atoms with Gasteiger partial charge in [-0.05, 0) is 19.1 Å². The summed E-state index contributed by atoms with van der Waals surface area (Å²) in [6.07, 6.45) is 0. The van der Waals surface area contributed by atoms with Gasteiger partial charge in [0.2, 0.25) is 0 Å². The summed E-state index contributed by atoms with van der Waals surface area (Å²) in [6, 6.07) is 12.6. The van der Waals surface area contributed by atoms with Gasteiger partial charge >= 0.3 is 0 Å². The Morgan fingerprint density at radius 1 is 1.12 bits per heavy atom. The molecule has 0 fully saturated rings. The highest BCUT2D eigenvalue weighted by molar-refractivity contribution is 6.27. The molecule has 0 radical (unpaired) electrons. The second kappa shape index (κ2) is 4.19. The maximum Gasteiger partial charge on any atom is 0.196 e. The van der Waals surface area contributed by atoms with Gasteiger partial charge in [0.05, 0.1) is 5.57 Å². The number of furan rings is 1. The summed E-state index contributed by atoms with van der Waals surface area (Å²) in [5.74, 6) is 1.21. The van der Waals surface area contributed by atoms with Crippen LogP contribution in [0.15, 0.2) is 53.5 Å². The van der Waals surface area contributed by atoms with Crippen LogP contribution >= 0.6 is 0 Å². The zero-order valence-corrected chi connectivity index (χ0v) is 9.07. The van der Waals surface area contributed by atoms with Gasteiger partial charge in [-0.15, -0.1) is 0 Å². The van der Waals surface area contributed by atoms with E-state index in [1.807, 2.05) is 31.2 Å². The van der Waals surface area contributed by atoms with Crippen LogP contribution in [-0.2, 0) is 0 Å². The Balaban J connectivity index is 2.27. The van der Waals surface area contributed by atoms with E-state index in [2.05, 4.69) is 6.58 Å². The molecule has 0 saturated carbocycles. The van der Waals surface area contributed by atoms with Gasteiger partial charge < -0.3 is 4.42 Å². The van der Waals surface area contributed by atoms with Crippen molar-refractivity contribution in [1.29, 1.82) is 0 Å². The summed E-state index contributed by atoms with van der Waals surface area (Å²) in [6.45, 7) is 5.61. The average Bonchev–Trinajstić information content (AvgIpc) is 2.75. The van der Waals surface area contributed by atoms with Gasteiger partial charge in [0.25, 0.3) is 0 Å². The van der Waals surface area contributed by atoms with Crippen LogP contribution in [-0.4, -0.2) is 5.78 Å². The molecule has 0 atom stereocenters. The molecular weight excluding hydrogens is 200 g/mol. The molecule has 0 aliphatic heterocycles. The van der Waals surface area contributed by atoms with Crippen molar-refractivity contribution >= 4 is 11.4 Å².